The first-order chi connectivity index (χ1) is 8.99. The summed E-state index contributed by atoms with van der Waals surface area (Å²) in [5.41, 5.74) is 4.50. The van der Waals surface area contributed by atoms with E-state index in [-0.39, 0.29) is 0 Å². The van der Waals surface area contributed by atoms with Crippen LogP contribution in [0, 0.1) is 19.8 Å². The summed E-state index contributed by atoms with van der Waals surface area (Å²) in [4.78, 5) is 2.61. The van der Waals surface area contributed by atoms with Crippen LogP contribution in [-0.2, 0) is 0 Å². The molecule has 1 aliphatic carbocycles. The number of benzene rings is 1. The van der Waals surface area contributed by atoms with Gasteiger partial charge < -0.3 is 10.2 Å². The largest absolute Gasteiger partial charge is 0.365 e. The topological polar surface area (TPSA) is 15.3 Å². The van der Waals surface area contributed by atoms with Gasteiger partial charge in [0.1, 0.15) is 0 Å². The highest BCUT2D eigenvalue weighted by Gasteiger charge is 2.45. The van der Waals surface area contributed by atoms with Crippen LogP contribution >= 0.6 is 0 Å². The molecule has 0 spiro atoms. The fourth-order valence-corrected chi connectivity index (χ4v) is 3.50. The smallest absolute Gasteiger partial charge is 0.0399 e. The van der Waals surface area contributed by atoms with Crippen molar-refractivity contribution < 1.29 is 0 Å². The molecule has 2 aliphatic rings. The fraction of sp³-hybridized carbons (Fsp3) is 0.647. The van der Waals surface area contributed by atoms with Crippen LogP contribution in [0.4, 0.5) is 5.69 Å². The summed E-state index contributed by atoms with van der Waals surface area (Å²) in [7, 11) is 0. The molecule has 104 valence electrons. The number of piperazine rings is 1. The number of hydrogen-bond acceptors (Lipinski definition) is 2. The molecule has 2 nitrogen and oxygen atoms in total. The molecule has 1 heterocycles. The summed E-state index contributed by atoms with van der Waals surface area (Å²) in [5.74, 6) is 0.883. The Morgan fingerprint density at radius 1 is 1.26 bits per heavy atom. The van der Waals surface area contributed by atoms with Gasteiger partial charge >= 0.3 is 0 Å². The van der Waals surface area contributed by atoms with Gasteiger partial charge in [0.25, 0.3) is 0 Å². The molecule has 0 bridgehead atoms. The number of nitrogens with zero attached hydrogens (tertiary/aromatic N) is 1. The minimum absolute atomic E-state index is 0.309. The lowest BCUT2D eigenvalue weighted by atomic mass is 9.90. The molecule has 2 heteroatoms. The zero-order valence-corrected chi connectivity index (χ0v) is 12.7. The van der Waals surface area contributed by atoms with Crippen LogP contribution in [0.2, 0.25) is 0 Å². The number of anilines is 1. The molecule has 1 N–H and O–H groups in total. The monoisotopic (exact) mass is 258 g/mol. The number of aryl methyl sites for hydroxylation is 2. The molecule has 19 heavy (non-hydrogen) atoms. The second-order valence-corrected chi connectivity index (χ2v) is 6.84. The van der Waals surface area contributed by atoms with Crippen molar-refractivity contribution in [3.63, 3.8) is 0 Å². The van der Waals surface area contributed by atoms with Gasteiger partial charge in [0.05, 0.1) is 0 Å². The van der Waals surface area contributed by atoms with Gasteiger partial charge in [0, 0.05) is 30.4 Å². The molecule has 1 aliphatic heterocycles. The van der Waals surface area contributed by atoms with Crippen molar-refractivity contribution >= 4 is 5.69 Å². The predicted octanol–water partition coefficient (Wildman–Crippen LogP) is 3.27. The maximum absolute atomic E-state index is 3.80. The van der Waals surface area contributed by atoms with E-state index in [9.17, 15) is 0 Å². The maximum Gasteiger partial charge on any atom is 0.0399 e. The minimum atomic E-state index is 0.309. The van der Waals surface area contributed by atoms with Gasteiger partial charge in [-0.2, -0.15) is 0 Å². The Morgan fingerprint density at radius 3 is 2.63 bits per heavy atom. The van der Waals surface area contributed by atoms with E-state index in [4.69, 9.17) is 0 Å². The summed E-state index contributed by atoms with van der Waals surface area (Å²) in [6.45, 7) is 11.4. The third-order valence-corrected chi connectivity index (χ3v) is 4.97. The van der Waals surface area contributed by atoms with Crippen molar-refractivity contribution in [3.8, 4) is 0 Å². The molecule has 2 atom stereocenters. The Kier molecular flexibility index (Phi) is 3.09. The quantitative estimate of drug-likeness (QED) is 0.876. The lowest BCUT2D eigenvalue weighted by molar-refractivity contribution is 0.260. The van der Waals surface area contributed by atoms with E-state index in [1.807, 2.05) is 0 Å². The summed E-state index contributed by atoms with van der Waals surface area (Å²) in [6.07, 6.45) is 2.80. The van der Waals surface area contributed by atoms with E-state index in [2.05, 4.69) is 56.1 Å². The first-order valence-electron chi connectivity index (χ1n) is 7.58. The number of rotatable bonds is 2. The van der Waals surface area contributed by atoms with Crippen molar-refractivity contribution in [2.45, 2.75) is 52.1 Å². The van der Waals surface area contributed by atoms with Crippen LogP contribution in [0.1, 0.15) is 37.8 Å². The Morgan fingerprint density at radius 2 is 2.00 bits per heavy atom. The predicted molar refractivity (Wildman–Crippen MR) is 81.9 cm³/mol. The zero-order valence-electron chi connectivity index (χ0n) is 12.7. The highest BCUT2D eigenvalue weighted by molar-refractivity contribution is 5.56. The van der Waals surface area contributed by atoms with Gasteiger partial charge in [0.2, 0.25) is 0 Å². The van der Waals surface area contributed by atoms with E-state index >= 15 is 0 Å². The highest BCUT2D eigenvalue weighted by Crippen LogP contribution is 2.42. The average molecular weight is 258 g/mol. The fourth-order valence-electron chi connectivity index (χ4n) is 3.50. The van der Waals surface area contributed by atoms with Crippen LogP contribution in [0.5, 0.6) is 0 Å². The Labute approximate surface area is 117 Å². The lowest BCUT2D eigenvalue weighted by Gasteiger charge is -2.47. The van der Waals surface area contributed by atoms with E-state index in [1.165, 1.54) is 29.7 Å². The molecule has 1 aromatic carbocycles. The summed E-state index contributed by atoms with van der Waals surface area (Å²) in [6, 6.07) is 7.43. The molecule has 0 radical (unpaired) electrons. The van der Waals surface area contributed by atoms with Gasteiger partial charge in [-0.3, -0.25) is 0 Å². The number of hydrogen-bond donors (Lipinski definition) is 1. The second-order valence-electron chi connectivity index (χ2n) is 6.84. The van der Waals surface area contributed by atoms with Crippen LogP contribution in [0.3, 0.4) is 0 Å². The molecule has 1 saturated heterocycles. The Bertz CT molecular complexity index is 478. The standard InChI is InChI=1S/C17H26N2/c1-12-5-8-16(13(2)9-12)19-11-17(4,15-6-7-15)18-10-14(19)3/h5,8-9,14-15,18H,6-7,10-11H2,1-4H3. The van der Waals surface area contributed by atoms with Crippen LogP contribution in [0.15, 0.2) is 18.2 Å². The Hall–Kier alpha value is -1.02. The van der Waals surface area contributed by atoms with Crippen molar-refractivity contribution in [3.05, 3.63) is 29.3 Å². The van der Waals surface area contributed by atoms with Gasteiger partial charge in [-0.1, -0.05) is 17.7 Å². The van der Waals surface area contributed by atoms with Gasteiger partial charge in [-0.15, -0.1) is 0 Å². The highest BCUT2D eigenvalue weighted by atomic mass is 15.3. The second kappa shape index (κ2) is 4.52. The lowest BCUT2D eigenvalue weighted by Crippen LogP contribution is -2.63. The third-order valence-electron chi connectivity index (χ3n) is 4.97. The van der Waals surface area contributed by atoms with Crippen molar-refractivity contribution in [2.24, 2.45) is 5.92 Å². The van der Waals surface area contributed by atoms with Gasteiger partial charge in [-0.25, -0.2) is 0 Å². The maximum atomic E-state index is 3.80. The third kappa shape index (κ3) is 2.38. The molecular formula is C17H26N2. The first kappa shape index (κ1) is 13.0. The minimum Gasteiger partial charge on any atom is -0.365 e. The van der Waals surface area contributed by atoms with Crippen LogP contribution in [0.25, 0.3) is 0 Å². The molecule has 1 saturated carbocycles. The molecular weight excluding hydrogens is 232 g/mol. The van der Waals surface area contributed by atoms with Gasteiger partial charge in [0.15, 0.2) is 0 Å². The molecule has 0 amide bonds. The molecule has 2 unspecified atom stereocenters. The van der Waals surface area contributed by atoms with E-state index in [0.29, 0.717) is 11.6 Å². The van der Waals surface area contributed by atoms with Gasteiger partial charge in [-0.05, 0) is 58.1 Å². The molecule has 0 aromatic heterocycles. The zero-order chi connectivity index (χ0) is 13.6. The normalized spacial score (nSPS) is 31.6. The summed E-state index contributed by atoms with van der Waals surface area (Å²) >= 11 is 0. The van der Waals surface area contributed by atoms with E-state index in [0.717, 1.165) is 19.0 Å². The molecule has 1 aromatic rings. The SMILES string of the molecule is Cc1ccc(N2CC(C)(C3CC3)NCC2C)c(C)c1. The molecule has 2 fully saturated rings. The average Bonchev–Trinajstić information content (AvgIpc) is 3.17. The van der Waals surface area contributed by atoms with E-state index < -0.39 is 0 Å². The van der Waals surface area contributed by atoms with Crippen LogP contribution in [-0.4, -0.2) is 24.7 Å². The van der Waals surface area contributed by atoms with Crippen molar-refractivity contribution in [1.82, 2.24) is 5.32 Å². The van der Waals surface area contributed by atoms with Crippen LogP contribution < -0.4 is 10.2 Å². The number of nitrogens with one attached hydrogen (secondary N) is 1. The van der Waals surface area contributed by atoms with E-state index in [1.54, 1.807) is 0 Å². The summed E-state index contributed by atoms with van der Waals surface area (Å²) < 4.78 is 0. The van der Waals surface area contributed by atoms with Crippen molar-refractivity contribution in [1.29, 1.82) is 0 Å². The summed E-state index contributed by atoms with van der Waals surface area (Å²) in [5, 5.41) is 3.80. The van der Waals surface area contributed by atoms with Crippen molar-refractivity contribution in [2.75, 3.05) is 18.0 Å². The Balaban J connectivity index is 1.88. The molecule has 3 rings (SSSR count). The first-order valence-corrected chi connectivity index (χ1v) is 7.58.